The van der Waals surface area contributed by atoms with Crippen molar-refractivity contribution >= 4 is 0 Å². The molecule has 1 saturated carbocycles. The molecule has 0 heterocycles. The third-order valence-electron chi connectivity index (χ3n) is 3.98. The van der Waals surface area contributed by atoms with Gasteiger partial charge in [0.15, 0.2) is 0 Å². The van der Waals surface area contributed by atoms with Crippen LogP contribution in [-0.2, 0) is 0 Å². The molecule has 0 aromatic heterocycles. The van der Waals surface area contributed by atoms with Crippen molar-refractivity contribution in [3.8, 4) is 0 Å². The first kappa shape index (κ1) is 13.5. The molecular formula is C15H21F2N. The Morgan fingerprint density at radius 3 is 2.33 bits per heavy atom. The molecule has 0 amide bonds. The zero-order chi connectivity index (χ0) is 13.0. The molecule has 0 aliphatic heterocycles. The van der Waals surface area contributed by atoms with Crippen LogP contribution < -0.4 is 5.32 Å². The van der Waals surface area contributed by atoms with E-state index in [-0.39, 0.29) is 6.04 Å². The van der Waals surface area contributed by atoms with Gasteiger partial charge in [0.25, 0.3) is 0 Å². The number of hydrogen-bond acceptors (Lipinski definition) is 1. The number of halogens is 2. The molecule has 0 radical (unpaired) electrons. The van der Waals surface area contributed by atoms with E-state index in [0.29, 0.717) is 11.5 Å². The summed E-state index contributed by atoms with van der Waals surface area (Å²) in [5.41, 5.74) is 0.603. The maximum absolute atomic E-state index is 13.9. The van der Waals surface area contributed by atoms with Gasteiger partial charge in [0, 0.05) is 17.7 Å². The lowest BCUT2D eigenvalue weighted by Crippen LogP contribution is -2.26. The molecule has 18 heavy (non-hydrogen) atoms. The summed E-state index contributed by atoms with van der Waals surface area (Å²) in [5.74, 6) is -0.483. The normalized spacial score (nSPS) is 19.5. The van der Waals surface area contributed by atoms with Crippen molar-refractivity contribution in [1.29, 1.82) is 0 Å². The summed E-state index contributed by atoms with van der Waals surface area (Å²) in [6, 6.07) is 3.91. The van der Waals surface area contributed by atoms with Crippen molar-refractivity contribution in [3.05, 3.63) is 35.4 Å². The Morgan fingerprint density at radius 1 is 1.11 bits per heavy atom. The monoisotopic (exact) mass is 253 g/mol. The van der Waals surface area contributed by atoms with E-state index in [1.165, 1.54) is 31.7 Å². The molecule has 1 nitrogen and oxygen atoms in total. The van der Waals surface area contributed by atoms with E-state index in [0.717, 1.165) is 18.9 Å². The van der Waals surface area contributed by atoms with E-state index in [1.54, 1.807) is 6.07 Å². The Balaban J connectivity index is 2.20. The van der Waals surface area contributed by atoms with Crippen molar-refractivity contribution in [3.63, 3.8) is 0 Å². The molecule has 2 rings (SSSR count). The van der Waals surface area contributed by atoms with Crippen LogP contribution in [0.15, 0.2) is 18.2 Å². The highest BCUT2D eigenvalue weighted by atomic mass is 19.1. The standard InChI is InChI=1S/C15H21F2N/c1-18-15(11-6-4-2-3-5-7-11)13-9-8-12(16)10-14(13)17/h8-11,15,18H,2-7H2,1H3. The minimum absolute atomic E-state index is 0.00343. The van der Waals surface area contributed by atoms with E-state index in [9.17, 15) is 8.78 Å². The molecule has 0 saturated heterocycles. The second-order valence-electron chi connectivity index (χ2n) is 5.18. The average Bonchev–Trinajstić information content (AvgIpc) is 2.62. The summed E-state index contributed by atoms with van der Waals surface area (Å²) >= 11 is 0. The number of benzene rings is 1. The van der Waals surface area contributed by atoms with Crippen molar-refractivity contribution in [2.45, 2.75) is 44.6 Å². The van der Waals surface area contributed by atoms with Crippen molar-refractivity contribution in [1.82, 2.24) is 5.32 Å². The van der Waals surface area contributed by atoms with Gasteiger partial charge in [-0.25, -0.2) is 8.78 Å². The van der Waals surface area contributed by atoms with Crippen LogP contribution in [0, 0.1) is 17.6 Å². The minimum atomic E-state index is -0.507. The van der Waals surface area contributed by atoms with Gasteiger partial charge in [-0.2, -0.15) is 0 Å². The number of rotatable bonds is 3. The SMILES string of the molecule is CNC(c1ccc(F)cc1F)C1CCCCCC1. The fourth-order valence-electron chi connectivity index (χ4n) is 3.04. The summed E-state index contributed by atoms with van der Waals surface area (Å²) in [6.07, 6.45) is 7.24. The zero-order valence-corrected chi connectivity index (χ0v) is 10.9. The van der Waals surface area contributed by atoms with Gasteiger partial charge in [0.1, 0.15) is 11.6 Å². The third kappa shape index (κ3) is 3.08. The van der Waals surface area contributed by atoms with Crippen LogP contribution in [-0.4, -0.2) is 7.05 Å². The highest BCUT2D eigenvalue weighted by Gasteiger charge is 2.25. The van der Waals surface area contributed by atoms with Crippen molar-refractivity contribution < 1.29 is 8.78 Å². The van der Waals surface area contributed by atoms with Gasteiger partial charge >= 0.3 is 0 Å². The fraction of sp³-hybridized carbons (Fsp3) is 0.600. The van der Waals surface area contributed by atoms with Crippen LogP contribution in [0.3, 0.4) is 0 Å². The summed E-state index contributed by atoms with van der Waals surface area (Å²) in [4.78, 5) is 0. The van der Waals surface area contributed by atoms with Gasteiger partial charge in [-0.05, 0) is 31.9 Å². The highest BCUT2D eigenvalue weighted by Crippen LogP contribution is 2.34. The van der Waals surface area contributed by atoms with Crippen molar-refractivity contribution in [2.75, 3.05) is 7.05 Å². The van der Waals surface area contributed by atoms with Crippen LogP contribution >= 0.6 is 0 Å². The molecule has 1 unspecified atom stereocenters. The largest absolute Gasteiger partial charge is 0.313 e. The summed E-state index contributed by atoms with van der Waals surface area (Å²) in [6.45, 7) is 0. The molecule has 1 aliphatic carbocycles. The Hall–Kier alpha value is -0.960. The van der Waals surface area contributed by atoms with Crippen LogP contribution in [0.25, 0.3) is 0 Å². The number of hydrogen-bond donors (Lipinski definition) is 1. The van der Waals surface area contributed by atoms with Gasteiger partial charge in [0.05, 0.1) is 0 Å². The van der Waals surface area contributed by atoms with Gasteiger partial charge in [0.2, 0.25) is 0 Å². The quantitative estimate of drug-likeness (QED) is 0.796. The molecule has 1 N–H and O–H groups in total. The zero-order valence-electron chi connectivity index (χ0n) is 10.9. The van der Waals surface area contributed by atoms with Gasteiger partial charge in [-0.1, -0.05) is 31.7 Å². The fourth-order valence-corrected chi connectivity index (χ4v) is 3.04. The molecule has 100 valence electrons. The second-order valence-corrected chi connectivity index (χ2v) is 5.18. The van der Waals surface area contributed by atoms with Gasteiger partial charge in [-0.3, -0.25) is 0 Å². The Morgan fingerprint density at radius 2 is 1.78 bits per heavy atom. The Bertz CT molecular complexity index is 384. The molecule has 0 spiro atoms. The van der Waals surface area contributed by atoms with E-state index < -0.39 is 11.6 Å². The van der Waals surface area contributed by atoms with Crippen LogP contribution in [0.4, 0.5) is 8.78 Å². The lowest BCUT2D eigenvalue weighted by molar-refractivity contribution is 0.333. The smallest absolute Gasteiger partial charge is 0.130 e. The predicted molar refractivity (Wildman–Crippen MR) is 69.4 cm³/mol. The molecule has 0 bridgehead atoms. The maximum atomic E-state index is 13.9. The van der Waals surface area contributed by atoms with Crippen LogP contribution in [0.2, 0.25) is 0 Å². The summed E-state index contributed by atoms with van der Waals surface area (Å²) in [5, 5.41) is 3.21. The first-order valence-corrected chi connectivity index (χ1v) is 6.84. The predicted octanol–water partition coefficient (Wildman–Crippen LogP) is 4.20. The second kappa shape index (κ2) is 6.28. The highest BCUT2D eigenvalue weighted by molar-refractivity contribution is 5.23. The molecule has 1 aromatic rings. The summed E-state index contributed by atoms with van der Waals surface area (Å²) in [7, 11) is 1.86. The average molecular weight is 253 g/mol. The molecule has 1 fully saturated rings. The third-order valence-corrected chi connectivity index (χ3v) is 3.98. The Kier molecular flexibility index (Phi) is 4.70. The van der Waals surface area contributed by atoms with E-state index in [4.69, 9.17) is 0 Å². The van der Waals surface area contributed by atoms with Gasteiger partial charge < -0.3 is 5.32 Å². The minimum Gasteiger partial charge on any atom is -0.313 e. The molecule has 1 aliphatic rings. The molecule has 1 aromatic carbocycles. The molecule has 3 heteroatoms. The molecular weight excluding hydrogens is 232 g/mol. The van der Waals surface area contributed by atoms with E-state index in [2.05, 4.69) is 5.32 Å². The summed E-state index contributed by atoms with van der Waals surface area (Å²) < 4.78 is 26.8. The topological polar surface area (TPSA) is 12.0 Å². The first-order valence-electron chi connectivity index (χ1n) is 6.84. The number of nitrogens with one attached hydrogen (secondary N) is 1. The van der Waals surface area contributed by atoms with Crippen LogP contribution in [0.1, 0.15) is 50.1 Å². The van der Waals surface area contributed by atoms with Gasteiger partial charge in [-0.15, -0.1) is 0 Å². The molecule has 1 atom stereocenters. The van der Waals surface area contributed by atoms with E-state index in [1.807, 2.05) is 7.05 Å². The first-order chi connectivity index (χ1) is 8.72. The maximum Gasteiger partial charge on any atom is 0.130 e. The lowest BCUT2D eigenvalue weighted by Gasteiger charge is -2.26. The van der Waals surface area contributed by atoms with Crippen molar-refractivity contribution in [2.24, 2.45) is 5.92 Å². The Labute approximate surface area is 108 Å². The van der Waals surface area contributed by atoms with Crippen LogP contribution in [0.5, 0.6) is 0 Å². The lowest BCUT2D eigenvalue weighted by atomic mass is 9.87. The van der Waals surface area contributed by atoms with E-state index >= 15 is 0 Å².